The highest BCUT2D eigenvalue weighted by molar-refractivity contribution is 4.52. The van der Waals surface area contributed by atoms with Crippen LogP contribution in [0.2, 0.25) is 0 Å². The van der Waals surface area contributed by atoms with Gasteiger partial charge in [-0.15, -0.1) is 10.2 Å². The fraction of sp³-hybridized carbons (Fsp3) is 0. The van der Waals surface area contributed by atoms with E-state index in [0.717, 1.165) is 0 Å². The lowest BCUT2D eigenvalue weighted by Crippen LogP contribution is -1.84. The lowest BCUT2D eigenvalue weighted by molar-refractivity contribution is 0.761. The van der Waals surface area contributed by atoms with E-state index in [1.54, 1.807) is 0 Å². The number of rotatable bonds is 0. The molecule has 1 rings (SSSR count). The molecule has 0 N–H and O–H groups in total. The molecule has 0 aliphatic carbocycles. The van der Waals surface area contributed by atoms with Gasteiger partial charge in [0.05, 0.1) is 13.7 Å². The van der Waals surface area contributed by atoms with E-state index in [2.05, 4.69) is 20.6 Å². The molecule has 1 aromatic heterocycles. The minimum atomic E-state index is 0.0370. The third-order valence-electron chi connectivity index (χ3n) is 0.310. The lowest BCUT2D eigenvalue weighted by atomic mass is 11.0. The average molecular weight is 83.1 g/mol. The summed E-state index contributed by atoms with van der Waals surface area (Å²) >= 11 is 0. The summed E-state index contributed by atoms with van der Waals surface area (Å²) in [5.41, 5.74) is 0. The largest absolute Gasteiger partial charge is 0.136 e. The standard InChI is InChI=1S/C2H2N4/c1-2-4-6-5-3-1/h1-2H/i1D. The first kappa shape index (κ1) is 2.17. The maximum atomic E-state index is 6.72. The van der Waals surface area contributed by atoms with Gasteiger partial charge in [-0.3, -0.25) is 0 Å². The molecule has 0 saturated carbocycles. The smallest absolute Gasteiger partial charge is 0.0878 e. The molecule has 0 aliphatic heterocycles. The molecular weight excluding hydrogens is 80.0 g/mol. The van der Waals surface area contributed by atoms with Gasteiger partial charge in [0, 0.05) is 0 Å². The molecule has 0 saturated heterocycles. The van der Waals surface area contributed by atoms with E-state index in [-0.39, 0.29) is 6.17 Å². The molecule has 4 heteroatoms. The van der Waals surface area contributed by atoms with E-state index >= 15 is 0 Å². The average Bonchev–Trinajstić information content (AvgIpc) is 1.69. The molecule has 0 fully saturated rings. The maximum absolute atomic E-state index is 6.72. The third kappa shape index (κ3) is 0.453. The summed E-state index contributed by atoms with van der Waals surface area (Å²) in [6.07, 6.45) is 1.25. The van der Waals surface area contributed by atoms with Crippen molar-refractivity contribution in [3.05, 3.63) is 12.4 Å². The zero-order chi connectivity index (χ0) is 5.11. The number of nitrogens with zero attached hydrogens (tertiary/aromatic N) is 4. The molecule has 0 unspecified atom stereocenters. The van der Waals surface area contributed by atoms with Crippen molar-refractivity contribution in [2.24, 2.45) is 0 Å². The molecule has 0 radical (unpaired) electrons. The molecule has 30 valence electrons. The Morgan fingerprint density at radius 2 is 2.17 bits per heavy atom. The molecule has 0 spiro atoms. The van der Waals surface area contributed by atoms with Crippen molar-refractivity contribution in [1.29, 1.82) is 0 Å². The zero-order valence-electron chi connectivity index (χ0n) is 3.87. The highest BCUT2D eigenvalue weighted by Gasteiger charge is 1.61. The summed E-state index contributed by atoms with van der Waals surface area (Å²) in [6.45, 7) is 0. The summed E-state index contributed by atoms with van der Waals surface area (Å²) in [5.74, 6) is 0. The second-order valence-corrected chi connectivity index (χ2v) is 0.653. The molecule has 4 nitrogen and oxygen atoms in total. The van der Waals surface area contributed by atoms with Gasteiger partial charge in [0.1, 0.15) is 0 Å². The second-order valence-electron chi connectivity index (χ2n) is 0.653. The summed E-state index contributed by atoms with van der Waals surface area (Å²) in [4.78, 5) is 0. The van der Waals surface area contributed by atoms with Crippen molar-refractivity contribution in [3.63, 3.8) is 0 Å². The molecule has 0 amide bonds. The van der Waals surface area contributed by atoms with E-state index in [1.165, 1.54) is 6.20 Å². The van der Waals surface area contributed by atoms with Crippen LogP contribution in [0.1, 0.15) is 1.37 Å². The summed E-state index contributed by atoms with van der Waals surface area (Å²) in [5, 5.41) is 12.7. The first-order valence-corrected chi connectivity index (χ1v) is 1.37. The molecule has 0 atom stereocenters. The molecular formula is C2H2N4. The van der Waals surface area contributed by atoms with Crippen LogP contribution < -0.4 is 0 Å². The normalized spacial score (nSPS) is 10.3. The number of hydrogen-bond acceptors (Lipinski definition) is 4. The highest BCUT2D eigenvalue weighted by Crippen LogP contribution is 1.53. The summed E-state index contributed by atoms with van der Waals surface area (Å²) in [7, 11) is 0. The Morgan fingerprint density at radius 3 is 2.50 bits per heavy atom. The Labute approximate surface area is 35.6 Å². The van der Waals surface area contributed by atoms with Gasteiger partial charge in [0.2, 0.25) is 0 Å². The van der Waals surface area contributed by atoms with Crippen LogP contribution in [0.4, 0.5) is 0 Å². The van der Waals surface area contributed by atoms with Crippen molar-refractivity contribution in [3.8, 4) is 0 Å². The Morgan fingerprint density at radius 1 is 1.33 bits per heavy atom. The van der Waals surface area contributed by atoms with Crippen LogP contribution in [0, 0.1) is 0 Å². The number of hydrogen-bond donors (Lipinski definition) is 0. The fourth-order valence-electron chi connectivity index (χ4n) is 0.146. The molecule has 0 aliphatic rings. The molecule has 0 aromatic carbocycles. The van der Waals surface area contributed by atoms with E-state index in [4.69, 9.17) is 1.37 Å². The predicted molar refractivity (Wildman–Crippen MR) is 17.6 cm³/mol. The maximum Gasteiger partial charge on any atom is 0.0878 e. The summed E-state index contributed by atoms with van der Waals surface area (Å²) < 4.78 is 6.72. The van der Waals surface area contributed by atoms with Gasteiger partial charge in [-0.25, -0.2) is 0 Å². The molecule has 1 aromatic rings. The van der Waals surface area contributed by atoms with Crippen LogP contribution >= 0.6 is 0 Å². The van der Waals surface area contributed by atoms with Crippen molar-refractivity contribution >= 4 is 0 Å². The van der Waals surface area contributed by atoms with Gasteiger partial charge in [-0.2, -0.15) is 0 Å². The third-order valence-corrected chi connectivity index (χ3v) is 0.310. The van der Waals surface area contributed by atoms with Crippen molar-refractivity contribution in [1.82, 2.24) is 20.6 Å². The van der Waals surface area contributed by atoms with Crippen LogP contribution in [0.25, 0.3) is 0 Å². The quantitative estimate of drug-likeness (QED) is 0.414. The van der Waals surface area contributed by atoms with E-state index in [0.29, 0.717) is 0 Å². The minimum Gasteiger partial charge on any atom is -0.136 e. The van der Waals surface area contributed by atoms with Gasteiger partial charge in [-0.1, -0.05) is 0 Å². The van der Waals surface area contributed by atoms with Crippen LogP contribution in [0.3, 0.4) is 0 Å². The summed E-state index contributed by atoms with van der Waals surface area (Å²) in [6, 6.07) is 0. The fourth-order valence-corrected chi connectivity index (χ4v) is 0.146. The molecule has 1 heterocycles. The Kier molecular flexibility index (Phi) is 0.506. The van der Waals surface area contributed by atoms with Gasteiger partial charge in [0.25, 0.3) is 0 Å². The van der Waals surface area contributed by atoms with Gasteiger partial charge in [-0.05, 0) is 10.4 Å². The Hall–Kier alpha value is -1.06. The van der Waals surface area contributed by atoms with Crippen LogP contribution in [0.5, 0.6) is 0 Å². The number of aromatic nitrogens is 4. The van der Waals surface area contributed by atoms with Gasteiger partial charge in [0.15, 0.2) is 0 Å². The Balaban J connectivity index is 3.02. The van der Waals surface area contributed by atoms with Crippen LogP contribution in [0.15, 0.2) is 12.4 Å². The van der Waals surface area contributed by atoms with Crippen molar-refractivity contribution in [2.75, 3.05) is 0 Å². The SMILES string of the molecule is [2H]c1cnnnn1. The van der Waals surface area contributed by atoms with Crippen molar-refractivity contribution < 1.29 is 1.37 Å². The van der Waals surface area contributed by atoms with Crippen LogP contribution in [-0.2, 0) is 0 Å². The zero-order valence-corrected chi connectivity index (χ0v) is 2.87. The first-order valence-electron chi connectivity index (χ1n) is 1.87. The van der Waals surface area contributed by atoms with Gasteiger partial charge >= 0.3 is 0 Å². The van der Waals surface area contributed by atoms with E-state index < -0.39 is 0 Å². The minimum absolute atomic E-state index is 0.0370. The Bertz CT molecular complexity index is 140. The first-order chi connectivity index (χ1) is 3.39. The second kappa shape index (κ2) is 1.40. The lowest BCUT2D eigenvalue weighted by Gasteiger charge is -1.67. The topological polar surface area (TPSA) is 51.6 Å². The van der Waals surface area contributed by atoms with Gasteiger partial charge < -0.3 is 0 Å². The molecule has 6 heavy (non-hydrogen) atoms. The highest BCUT2D eigenvalue weighted by atomic mass is 15.4. The van der Waals surface area contributed by atoms with Crippen LogP contribution in [-0.4, -0.2) is 20.6 Å². The molecule has 0 bridgehead atoms. The van der Waals surface area contributed by atoms with E-state index in [9.17, 15) is 0 Å². The van der Waals surface area contributed by atoms with E-state index in [1.807, 2.05) is 0 Å². The monoisotopic (exact) mass is 83.0 g/mol. The van der Waals surface area contributed by atoms with Crippen molar-refractivity contribution in [2.45, 2.75) is 0 Å². The predicted octanol–water partition coefficient (Wildman–Crippen LogP) is -0.733.